The van der Waals surface area contributed by atoms with Crippen LogP contribution in [0.5, 0.6) is 0 Å². The van der Waals surface area contributed by atoms with Crippen LogP contribution >= 0.6 is 0 Å². The van der Waals surface area contributed by atoms with E-state index in [9.17, 15) is 22.4 Å². The van der Waals surface area contributed by atoms with Gasteiger partial charge >= 0.3 is 0 Å². The molecule has 3 rings (SSSR count). The van der Waals surface area contributed by atoms with Crippen LogP contribution in [-0.2, 0) is 39.0 Å². The highest BCUT2D eigenvalue weighted by atomic mass is 32.2. The quantitative estimate of drug-likeness (QED) is 0.286. The summed E-state index contributed by atoms with van der Waals surface area (Å²) in [5.74, 6) is -1.28. The number of aryl methyl sites for hydroxylation is 1. The van der Waals surface area contributed by atoms with Gasteiger partial charge in [0.2, 0.25) is 21.8 Å². The Kier molecular flexibility index (Phi) is 11.3. The van der Waals surface area contributed by atoms with Crippen molar-refractivity contribution in [3.8, 4) is 0 Å². The third-order valence-electron chi connectivity index (χ3n) is 6.69. The Morgan fingerprint density at radius 2 is 1.55 bits per heavy atom. The zero-order chi connectivity index (χ0) is 29.1. The zero-order valence-electron chi connectivity index (χ0n) is 23.3. The molecule has 1 atom stereocenters. The lowest BCUT2D eigenvalue weighted by Gasteiger charge is -2.34. The number of benzene rings is 3. The second kappa shape index (κ2) is 14.6. The van der Waals surface area contributed by atoms with Gasteiger partial charge in [-0.15, -0.1) is 0 Å². The summed E-state index contributed by atoms with van der Waals surface area (Å²) in [6.07, 6.45) is 3.55. The molecule has 0 aliphatic heterocycles. The Labute approximate surface area is 237 Å². The number of amides is 2. The van der Waals surface area contributed by atoms with Gasteiger partial charge < -0.3 is 10.2 Å². The first-order valence-corrected chi connectivity index (χ1v) is 15.4. The Bertz CT molecular complexity index is 1360. The number of nitrogens with one attached hydrogen (secondary N) is 1. The molecule has 0 saturated heterocycles. The van der Waals surface area contributed by atoms with Crippen molar-refractivity contribution in [3.05, 3.63) is 101 Å². The highest BCUT2D eigenvalue weighted by Gasteiger charge is 2.33. The largest absolute Gasteiger partial charge is 0.354 e. The van der Waals surface area contributed by atoms with Crippen molar-refractivity contribution in [3.63, 3.8) is 0 Å². The Balaban J connectivity index is 2.05. The SMILES string of the molecule is CCCCNC(=O)C(Cc1ccccc1)N(Cc1ccc(F)cc1)C(=O)CN(c1ccccc1CC)S(C)(=O)=O. The Morgan fingerprint density at radius 1 is 0.900 bits per heavy atom. The number of para-hydroxylation sites is 1. The molecule has 0 fully saturated rings. The molecule has 1 N–H and O–H groups in total. The number of anilines is 1. The van der Waals surface area contributed by atoms with E-state index in [0.717, 1.165) is 34.5 Å². The number of sulfonamides is 1. The lowest BCUT2D eigenvalue weighted by molar-refractivity contribution is -0.140. The lowest BCUT2D eigenvalue weighted by Crippen LogP contribution is -2.53. The van der Waals surface area contributed by atoms with Crippen molar-refractivity contribution in [2.45, 2.75) is 52.1 Å². The summed E-state index contributed by atoms with van der Waals surface area (Å²) in [6, 6.07) is 21.2. The number of halogens is 1. The molecule has 3 aromatic carbocycles. The first kappa shape index (κ1) is 30.8. The molecule has 0 spiro atoms. The minimum Gasteiger partial charge on any atom is -0.354 e. The fourth-order valence-corrected chi connectivity index (χ4v) is 5.37. The first-order chi connectivity index (χ1) is 19.1. The molecular weight excluding hydrogens is 529 g/mol. The van der Waals surface area contributed by atoms with Crippen LogP contribution in [0.2, 0.25) is 0 Å². The number of rotatable bonds is 14. The Hall–Kier alpha value is -3.72. The summed E-state index contributed by atoms with van der Waals surface area (Å²) in [6.45, 7) is 3.91. The third kappa shape index (κ3) is 8.64. The van der Waals surface area contributed by atoms with E-state index in [0.29, 0.717) is 24.2 Å². The van der Waals surface area contributed by atoms with Crippen molar-refractivity contribution < 1.29 is 22.4 Å². The summed E-state index contributed by atoms with van der Waals surface area (Å²) < 4.78 is 40.7. The molecule has 0 heterocycles. The molecule has 9 heteroatoms. The van der Waals surface area contributed by atoms with E-state index >= 15 is 0 Å². The topological polar surface area (TPSA) is 86.8 Å². The van der Waals surface area contributed by atoms with Gasteiger partial charge in [0.1, 0.15) is 18.4 Å². The molecule has 0 aliphatic carbocycles. The summed E-state index contributed by atoms with van der Waals surface area (Å²) in [5, 5.41) is 2.94. The summed E-state index contributed by atoms with van der Waals surface area (Å²) >= 11 is 0. The minimum absolute atomic E-state index is 0.00480. The Morgan fingerprint density at radius 3 is 2.17 bits per heavy atom. The van der Waals surface area contributed by atoms with E-state index in [1.54, 1.807) is 24.3 Å². The molecule has 2 amide bonds. The molecule has 0 saturated carbocycles. The van der Waals surface area contributed by atoms with Crippen molar-refractivity contribution in [2.75, 3.05) is 23.7 Å². The predicted molar refractivity (Wildman–Crippen MR) is 157 cm³/mol. The van der Waals surface area contributed by atoms with Crippen LogP contribution in [0.25, 0.3) is 0 Å². The summed E-state index contributed by atoms with van der Waals surface area (Å²) in [4.78, 5) is 29.1. The first-order valence-electron chi connectivity index (χ1n) is 13.5. The van der Waals surface area contributed by atoms with E-state index in [4.69, 9.17) is 0 Å². The second-order valence-corrected chi connectivity index (χ2v) is 11.7. The van der Waals surface area contributed by atoms with E-state index in [2.05, 4.69) is 5.32 Å². The van der Waals surface area contributed by atoms with Gasteiger partial charge in [-0.1, -0.05) is 80.9 Å². The molecule has 0 aromatic heterocycles. The van der Waals surface area contributed by atoms with Crippen molar-refractivity contribution in [2.24, 2.45) is 0 Å². The average Bonchev–Trinajstić information content (AvgIpc) is 2.94. The van der Waals surface area contributed by atoms with Gasteiger partial charge in [-0.05, 0) is 47.7 Å². The summed E-state index contributed by atoms with van der Waals surface area (Å²) in [7, 11) is -3.84. The molecular formula is C31H38FN3O4S. The van der Waals surface area contributed by atoms with Crippen LogP contribution in [0.4, 0.5) is 10.1 Å². The van der Waals surface area contributed by atoms with Gasteiger partial charge in [-0.25, -0.2) is 12.8 Å². The standard InChI is InChI=1S/C31H38FN3O4S/c1-4-6-20-33-31(37)29(21-24-12-8-7-9-13-24)34(22-25-16-18-27(32)19-17-25)30(36)23-35(40(3,38)39)28-15-11-10-14-26(28)5-2/h7-19,29H,4-6,20-23H2,1-3H3,(H,33,37). The maximum absolute atomic E-state index is 14.1. The van der Waals surface area contributed by atoms with E-state index in [1.807, 2.05) is 56.3 Å². The van der Waals surface area contributed by atoms with Crippen molar-refractivity contribution >= 4 is 27.5 Å². The minimum atomic E-state index is -3.84. The monoisotopic (exact) mass is 567 g/mol. The number of hydrogen-bond acceptors (Lipinski definition) is 4. The van der Waals surface area contributed by atoms with Gasteiger partial charge in [0, 0.05) is 19.5 Å². The smallest absolute Gasteiger partial charge is 0.244 e. The van der Waals surface area contributed by atoms with E-state index in [1.165, 1.54) is 17.0 Å². The molecule has 214 valence electrons. The van der Waals surface area contributed by atoms with Crippen molar-refractivity contribution in [1.29, 1.82) is 0 Å². The lowest BCUT2D eigenvalue weighted by atomic mass is 10.0. The van der Waals surface area contributed by atoms with Gasteiger partial charge in [0.15, 0.2) is 0 Å². The molecule has 7 nitrogen and oxygen atoms in total. The van der Waals surface area contributed by atoms with Crippen LogP contribution in [0.3, 0.4) is 0 Å². The van der Waals surface area contributed by atoms with Gasteiger partial charge in [-0.3, -0.25) is 13.9 Å². The maximum Gasteiger partial charge on any atom is 0.244 e. The fourth-order valence-electron chi connectivity index (χ4n) is 4.49. The van der Waals surface area contributed by atoms with Crippen LogP contribution in [-0.4, -0.2) is 50.5 Å². The summed E-state index contributed by atoms with van der Waals surface area (Å²) in [5.41, 5.74) is 2.68. The molecule has 0 aliphatic rings. The van der Waals surface area contributed by atoms with Gasteiger partial charge in [0.05, 0.1) is 11.9 Å². The highest BCUT2D eigenvalue weighted by Crippen LogP contribution is 2.24. The number of hydrogen-bond donors (Lipinski definition) is 1. The second-order valence-electron chi connectivity index (χ2n) is 9.75. The van der Waals surface area contributed by atoms with Gasteiger partial charge in [-0.2, -0.15) is 0 Å². The molecule has 3 aromatic rings. The van der Waals surface area contributed by atoms with Crippen LogP contribution in [0, 0.1) is 5.82 Å². The number of carbonyl (C=O) groups excluding carboxylic acids is 2. The fraction of sp³-hybridized carbons (Fsp3) is 0.355. The third-order valence-corrected chi connectivity index (χ3v) is 7.81. The van der Waals surface area contributed by atoms with Crippen LogP contribution in [0.15, 0.2) is 78.9 Å². The number of carbonyl (C=O) groups is 2. The van der Waals surface area contributed by atoms with E-state index < -0.39 is 34.3 Å². The van der Waals surface area contributed by atoms with Crippen LogP contribution < -0.4 is 9.62 Å². The predicted octanol–water partition coefficient (Wildman–Crippen LogP) is 4.71. The molecule has 0 radical (unpaired) electrons. The normalized spacial score (nSPS) is 12.0. The molecule has 0 bridgehead atoms. The van der Waals surface area contributed by atoms with Crippen LogP contribution in [0.1, 0.15) is 43.4 Å². The number of unbranched alkanes of at least 4 members (excludes halogenated alkanes) is 1. The zero-order valence-corrected chi connectivity index (χ0v) is 24.2. The highest BCUT2D eigenvalue weighted by molar-refractivity contribution is 7.92. The van der Waals surface area contributed by atoms with E-state index in [-0.39, 0.29) is 18.9 Å². The maximum atomic E-state index is 14.1. The average molecular weight is 568 g/mol. The molecule has 1 unspecified atom stereocenters. The van der Waals surface area contributed by atoms with Gasteiger partial charge in [0.25, 0.3) is 0 Å². The number of nitrogens with zero attached hydrogens (tertiary/aromatic N) is 2. The van der Waals surface area contributed by atoms with Crippen molar-refractivity contribution in [1.82, 2.24) is 10.2 Å². The molecule has 40 heavy (non-hydrogen) atoms.